The van der Waals surface area contributed by atoms with Gasteiger partial charge >= 0.3 is 0 Å². The summed E-state index contributed by atoms with van der Waals surface area (Å²) in [6.45, 7) is 6.16. The highest BCUT2D eigenvalue weighted by Crippen LogP contribution is 2.27. The third kappa shape index (κ3) is 2.81. The Kier molecular flexibility index (Phi) is 3.43. The van der Waals surface area contributed by atoms with E-state index in [9.17, 15) is 0 Å². The van der Waals surface area contributed by atoms with Crippen LogP contribution >= 0.6 is 0 Å². The molecule has 2 rings (SSSR count). The Labute approximate surface area is 105 Å². The first-order valence-corrected chi connectivity index (χ1v) is 6.55. The van der Waals surface area contributed by atoms with E-state index in [1.54, 1.807) is 11.1 Å². The fourth-order valence-corrected chi connectivity index (χ4v) is 2.59. The van der Waals surface area contributed by atoms with Crippen LogP contribution in [-0.4, -0.2) is 20.1 Å². The van der Waals surface area contributed by atoms with Crippen LogP contribution in [0, 0.1) is 5.41 Å². The van der Waals surface area contributed by atoms with Gasteiger partial charge in [0.25, 0.3) is 0 Å². The second-order valence-electron chi connectivity index (χ2n) is 6.03. The Bertz CT molecular complexity index is 396. The SMILES string of the molecule is CN(CC(C)(C)CN)c1ccc2c(c1)CCC2. The average Bonchev–Trinajstić information content (AvgIpc) is 2.75. The molecule has 2 nitrogen and oxygen atoms in total. The molecular weight excluding hydrogens is 208 g/mol. The van der Waals surface area contributed by atoms with Crippen molar-refractivity contribution in [2.75, 3.05) is 25.0 Å². The molecule has 0 radical (unpaired) electrons. The van der Waals surface area contributed by atoms with E-state index in [0.717, 1.165) is 13.1 Å². The smallest absolute Gasteiger partial charge is 0.0366 e. The standard InChI is InChI=1S/C15H24N2/c1-15(2,10-16)11-17(3)14-8-7-12-5-4-6-13(12)9-14/h7-9H,4-6,10-11,16H2,1-3H3. The van der Waals surface area contributed by atoms with Gasteiger partial charge in [0.05, 0.1) is 0 Å². The van der Waals surface area contributed by atoms with Gasteiger partial charge in [0.2, 0.25) is 0 Å². The predicted octanol–water partition coefficient (Wildman–Crippen LogP) is 2.60. The summed E-state index contributed by atoms with van der Waals surface area (Å²) >= 11 is 0. The molecule has 17 heavy (non-hydrogen) atoms. The number of benzene rings is 1. The van der Waals surface area contributed by atoms with Crippen LogP contribution in [0.1, 0.15) is 31.4 Å². The lowest BCUT2D eigenvalue weighted by atomic mass is 9.93. The number of hydrogen-bond donors (Lipinski definition) is 1. The second kappa shape index (κ2) is 4.69. The van der Waals surface area contributed by atoms with Crippen LogP contribution < -0.4 is 10.6 Å². The van der Waals surface area contributed by atoms with Gasteiger partial charge in [0, 0.05) is 19.3 Å². The van der Waals surface area contributed by atoms with Crippen molar-refractivity contribution >= 4 is 5.69 Å². The maximum Gasteiger partial charge on any atom is 0.0366 e. The summed E-state index contributed by atoms with van der Waals surface area (Å²) < 4.78 is 0. The number of fused-ring (bicyclic) bond motifs is 1. The monoisotopic (exact) mass is 232 g/mol. The maximum atomic E-state index is 5.80. The molecule has 94 valence electrons. The first-order chi connectivity index (χ1) is 8.02. The number of anilines is 1. The Balaban J connectivity index is 2.12. The first-order valence-electron chi connectivity index (χ1n) is 6.55. The lowest BCUT2D eigenvalue weighted by molar-refractivity contribution is 0.385. The largest absolute Gasteiger partial charge is 0.374 e. The topological polar surface area (TPSA) is 29.3 Å². The summed E-state index contributed by atoms with van der Waals surface area (Å²) in [6.07, 6.45) is 3.82. The molecule has 0 fully saturated rings. The van der Waals surface area contributed by atoms with Crippen LogP contribution in [0.5, 0.6) is 0 Å². The normalized spacial score (nSPS) is 14.8. The molecule has 1 aromatic rings. The molecule has 0 unspecified atom stereocenters. The van der Waals surface area contributed by atoms with Crippen LogP contribution in [0.2, 0.25) is 0 Å². The van der Waals surface area contributed by atoms with Gasteiger partial charge in [0.15, 0.2) is 0 Å². The molecule has 0 heterocycles. The summed E-state index contributed by atoms with van der Waals surface area (Å²) in [6, 6.07) is 6.90. The molecule has 2 heteroatoms. The Morgan fingerprint density at radius 2 is 1.94 bits per heavy atom. The van der Waals surface area contributed by atoms with E-state index < -0.39 is 0 Å². The molecule has 0 atom stereocenters. The molecule has 0 bridgehead atoms. The van der Waals surface area contributed by atoms with Gasteiger partial charge in [-0.2, -0.15) is 0 Å². The van der Waals surface area contributed by atoms with Crippen LogP contribution in [0.4, 0.5) is 5.69 Å². The van der Waals surface area contributed by atoms with E-state index in [0.29, 0.717) is 0 Å². The third-order valence-corrected chi connectivity index (χ3v) is 3.74. The minimum Gasteiger partial charge on any atom is -0.374 e. The summed E-state index contributed by atoms with van der Waals surface area (Å²) in [5.41, 5.74) is 10.4. The molecule has 0 saturated carbocycles. The van der Waals surface area contributed by atoms with Crippen molar-refractivity contribution in [2.24, 2.45) is 11.1 Å². The molecule has 0 aliphatic heterocycles. The molecule has 1 aliphatic rings. The van der Waals surface area contributed by atoms with Crippen molar-refractivity contribution in [1.29, 1.82) is 0 Å². The average molecular weight is 232 g/mol. The quantitative estimate of drug-likeness (QED) is 0.864. The molecule has 0 spiro atoms. The van der Waals surface area contributed by atoms with Gasteiger partial charge in [-0.3, -0.25) is 0 Å². The Hall–Kier alpha value is -1.02. The van der Waals surface area contributed by atoms with Crippen LogP contribution in [0.15, 0.2) is 18.2 Å². The highest BCUT2D eigenvalue weighted by atomic mass is 15.1. The van der Waals surface area contributed by atoms with E-state index >= 15 is 0 Å². The molecule has 1 aromatic carbocycles. The molecule has 1 aliphatic carbocycles. The van der Waals surface area contributed by atoms with E-state index in [4.69, 9.17) is 5.73 Å². The van der Waals surface area contributed by atoms with Crippen LogP contribution in [0.25, 0.3) is 0 Å². The van der Waals surface area contributed by atoms with E-state index in [1.165, 1.54) is 24.9 Å². The maximum absolute atomic E-state index is 5.80. The van der Waals surface area contributed by atoms with Crippen molar-refractivity contribution in [3.05, 3.63) is 29.3 Å². The zero-order valence-electron chi connectivity index (χ0n) is 11.3. The minimum absolute atomic E-state index is 0.174. The third-order valence-electron chi connectivity index (χ3n) is 3.74. The highest BCUT2D eigenvalue weighted by molar-refractivity contribution is 5.51. The van der Waals surface area contributed by atoms with E-state index in [1.807, 2.05) is 0 Å². The van der Waals surface area contributed by atoms with Crippen molar-refractivity contribution in [2.45, 2.75) is 33.1 Å². The van der Waals surface area contributed by atoms with Crippen LogP contribution in [0.3, 0.4) is 0 Å². The zero-order chi connectivity index (χ0) is 12.5. The molecule has 0 aromatic heterocycles. The fraction of sp³-hybridized carbons (Fsp3) is 0.600. The second-order valence-corrected chi connectivity index (χ2v) is 6.03. The van der Waals surface area contributed by atoms with Gasteiger partial charge in [-0.25, -0.2) is 0 Å². The zero-order valence-corrected chi connectivity index (χ0v) is 11.3. The summed E-state index contributed by atoms with van der Waals surface area (Å²) in [5, 5.41) is 0. The molecule has 0 saturated heterocycles. The van der Waals surface area contributed by atoms with Gasteiger partial charge in [-0.1, -0.05) is 19.9 Å². The van der Waals surface area contributed by atoms with Gasteiger partial charge < -0.3 is 10.6 Å². The van der Waals surface area contributed by atoms with Crippen molar-refractivity contribution in [1.82, 2.24) is 0 Å². The molecule has 0 amide bonds. The van der Waals surface area contributed by atoms with Gasteiger partial charge in [0.1, 0.15) is 0 Å². The van der Waals surface area contributed by atoms with E-state index in [-0.39, 0.29) is 5.41 Å². The first kappa shape index (κ1) is 12.4. The molecular formula is C15H24N2. The molecule has 2 N–H and O–H groups in total. The Morgan fingerprint density at radius 3 is 2.65 bits per heavy atom. The van der Waals surface area contributed by atoms with Crippen molar-refractivity contribution in [3.8, 4) is 0 Å². The predicted molar refractivity (Wildman–Crippen MR) is 74.6 cm³/mol. The van der Waals surface area contributed by atoms with Crippen molar-refractivity contribution < 1.29 is 0 Å². The summed E-state index contributed by atoms with van der Waals surface area (Å²) in [4.78, 5) is 2.32. The fourth-order valence-electron chi connectivity index (χ4n) is 2.59. The number of rotatable bonds is 4. The summed E-state index contributed by atoms with van der Waals surface area (Å²) in [5.74, 6) is 0. The van der Waals surface area contributed by atoms with Crippen molar-refractivity contribution in [3.63, 3.8) is 0 Å². The van der Waals surface area contributed by atoms with Crippen LogP contribution in [-0.2, 0) is 12.8 Å². The number of aryl methyl sites for hydroxylation is 2. The Morgan fingerprint density at radius 1 is 1.24 bits per heavy atom. The lowest BCUT2D eigenvalue weighted by Crippen LogP contribution is -2.36. The highest BCUT2D eigenvalue weighted by Gasteiger charge is 2.19. The lowest BCUT2D eigenvalue weighted by Gasteiger charge is -2.30. The van der Waals surface area contributed by atoms with E-state index in [2.05, 4.69) is 44.0 Å². The minimum atomic E-state index is 0.174. The van der Waals surface area contributed by atoms with Gasteiger partial charge in [-0.15, -0.1) is 0 Å². The number of nitrogens with two attached hydrogens (primary N) is 1. The van der Waals surface area contributed by atoms with Gasteiger partial charge in [-0.05, 0) is 54.5 Å². The number of hydrogen-bond acceptors (Lipinski definition) is 2. The number of nitrogens with zero attached hydrogens (tertiary/aromatic N) is 1. The summed E-state index contributed by atoms with van der Waals surface area (Å²) in [7, 11) is 2.16.